The van der Waals surface area contributed by atoms with Gasteiger partial charge in [-0.3, -0.25) is 4.79 Å². The summed E-state index contributed by atoms with van der Waals surface area (Å²) >= 11 is 1.48. The van der Waals surface area contributed by atoms with Crippen LogP contribution in [-0.4, -0.2) is 47.0 Å². The third-order valence-corrected chi connectivity index (χ3v) is 5.41. The summed E-state index contributed by atoms with van der Waals surface area (Å²) in [5.74, 6) is 0.640. The summed E-state index contributed by atoms with van der Waals surface area (Å²) in [5.41, 5.74) is 2.07. The number of hydrogen-bond acceptors (Lipinski definition) is 6. The molecule has 6 nitrogen and oxygen atoms in total. The predicted molar refractivity (Wildman–Crippen MR) is 105 cm³/mol. The Morgan fingerprint density at radius 3 is 2.59 bits per heavy atom. The molecule has 0 saturated carbocycles. The van der Waals surface area contributed by atoms with Crippen molar-refractivity contribution in [2.75, 3.05) is 31.1 Å². The van der Waals surface area contributed by atoms with Crippen LogP contribution in [0.15, 0.2) is 54.0 Å². The summed E-state index contributed by atoms with van der Waals surface area (Å²) in [6, 6.07) is 15.6. The molecule has 0 spiro atoms. The number of carbonyl (C=O) groups is 1. The van der Waals surface area contributed by atoms with Gasteiger partial charge in [-0.1, -0.05) is 30.3 Å². The summed E-state index contributed by atoms with van der Waals surface area (Å²) in [6.45, 7) is 2.46. The summed E-state index contributed by atoms with van der Waals surface area (Å²) < 4.78 is 0. The minimum Gasteiger partial charge on any atom is -0.352 e. The fraction of sp³-hybridized carbons (Fsp3) is 0.200. The minimum absolute atomic E-state index is 0.0467. The highest BCUT2D eigenvalue weighted by Gasteiger charge is 2.25. The van der Waals surface area contributed by atoms with Crippen molar-refractivity contribution in [3.05, 3.63) is 65.3 Å². The number of rotatable bonds is 3. The molecule has 0 N–H and O–H groups in total. The SMILES string of the molecule is N#Cc1cccnc1N1CCN(C(=O)c2csc(-c3ccccc3)n2)CC1. The van der Waals surface area contributed by atoms with Crippen LogP contribution in [0, 0.1) is 11.3 Å². The third-order valence-electron chi connectivity index (χ3n) is 4.52. The molecule has 27 heavy (non-hydrogen) atoms. The zero-order valence-corrected chi connectivity index (χ0v) is 15.4. The number of pyridine rings is 1. The predicted octanol–water partition coefficient (Wildman–Crippen LogP) is 3.04. The molecule has 3 heterocycles. The lowest BCUT2D eigenvalue weighted by molar-refractivity contribution is 0.0741. The Hall–Kier alpha value is -3.24. The standard InChI is InChI=1S/C20H17N5OS/c21-13-16-7-4-8-22-18(16)24-9-11-25(12-10-24)20(26)17-14-27-19(23-17)15-5-2-1-3-6-15/h1-8,14H,9-12H2. The first kappa shape index (κ1) is 17.2. The van der Waals surface area contributed by atoms with Crippen LogP contribution >= 0.6 is 11.3 Å². The van der Waals surface area contributed by atoms with Crippen LogP contribution in [0.1, 0.15) is 16.1 Å². The number of amides is 1. The van der Waals surface area contributed by atoms with E-state index in [-0.39, 0.29) is 5.91 Å². The molecule has 1 aliphatic heterocycles. The lowest BCUT2D eigenvalue weighted by atomic mass is 10.2. The van der Waals surface area contributed by atoms with Crippen LogP contribution in [-0.2, 0) is 0 Å². The molecule has 7 heteroatoms. The molecule has 1 aliphatic rings. The molecule has 0 atom stereocenters. The second kappa shape index (κ2) is 7.56. The van der Waals surface area contributed by atoms with E-state index in [2.05, 4.69) is 20.9 Å². The van der Waals surface area contributed by atoms with Gasteiger partial charge in [0.2, 0.25) is 0 Å². The highest BCUT2D eigenvalue weighted by Crippen LogP contribution is 2.24. The molecule has 1 aromatic carbocycles. The highest BCUT2D eigenvalue weighted by atomic mass is 32.1. The van der Waals surface area contributed by atoms with E-state index in [1.807, 2.05) is 40.6 Å². The van der Waals surface area contributed by atoms with Gasteiger partial charge in [-0.2, -0.15) is 5.26 Å². The number of piperazine rings is 1. The zero-order chi connectivity index (χ0) is 18.6. The molecule has 0 aliphatic carbocycles. The number of thiazole rings is 1. The van der Waals surface area contributed by atoms with Crippen molar-refractivity contribution in [1.82, 2.24) is 14.9 Å². The van der Waals surface area contributed by atoms with Crippen molar-refractivity contribution in [2.24, 2.45) is 0 Å². The molecule has 0 unspecified atom stereocenters. The van der Waals surface area contributed by atoms with Crippen molar-refractivity contribution >= 4 is 23.1 Å². The number of aromatic nitrogens is 2. The van der Waals surface area contributed by atoms with Gasteiger partial charge in [-0.25, -0.2) is 9.97 Å². The van der Waals surface area contributed by atoms with E-state index >= 15 is 0 Å². The maximum absolute atomic E-state index is 12.8. The number of carbonyl (C=O) groups excluding carboxylic acids is 1. The van der Waals surface area contributed by atoms with Crippen LogP contribution in [0.3, 0.4) is 0 Å². The van der Waals surface area contributed by atoms with E-state index in [9.17, 15) is 10.1 Å². The fourth-order valence-electron chi connectivity index (χ4n) is 3.10. The van der Waals surface area contributed by atoms with E-state index in [1.54, 1.807) is 18.3 Å². The molecule has 2 aromatic heterocycles. The maximum atomic E-state index is 12.8. The number of hydrogen-bond donors (Lipinski definition) is 0. The molecule has 0 bridgehead atoms. The average molecular weight is 375 g/mol. The summed E-state index contributed by atoms with van der Waals surface area (Å²) in [7, 11) is 0. The first-order valence-corrected chi connectivity index (χ1v) is 9.54. The van der Waals surface area contributed by atoms with Crippen molar-refractivity contribution in [3.63, 3.8) is 0 Å². The second-order valence-electron chi connectivity index (χ2n) is 6.17. The highest BCUT2D eigenvalue weighted by molar-refractivity contribution is 7.13. The third kappa shape index (κ3) is 3.52. The molecule has 1 amide bonds. The lowest BCUT2D eigenvalue weighted by Gasteiger charge is -2.35. The second-order valence-corrected chi connectivity index (χ2v) is 7.03. The van der Waals surface area contributed by atoms with Gasteiger partial charge in [-0.05, 0) is 12.1 Å². The molecule has 0 radical (unpaired) electrons. The van der Waals surface area contributed by atoms with E-state index in [4.69, 9.17) is 0 Å². The fourth-order valence-corrected chi connectivity index (χ4v) is 3.90. The van der Waals surface area contributed by atoms with Crippen molar-refractivity contribution in [2.45, 2.75) is 0 Å². The first-order chi connectivity index (χ1) is 13.3. The van der Waals surface area contributed by atoms with Crippen LogP contribution in [0.25, 0.3) is 10.6 Å². The summed E-state index contributed by atoms with van der Waals surface area (Å²) in [5, 5.41) is 11.9. The molecule has 3 aromatic rings. The quantitative estimate of drug-likeness (QED) is 0.703. The number of nitriles is 1. The Kier molecular flexibility index (Phi) is 4.81. The normalized spacial score (nSPS) is 14.0. The Morgan fingerprint density at radius 1 is 1.07 bits per heavy atom. The Balaban J connectivity index is 1.44. The van der Waals surface area contributed by atoms with Crippen LogP contribution in [0.2, 0.25) is 0 Å². The number of anilines is 1. The molecule has 134 valence electrons. The molecule has 1 fully saturated rings. The van der Waals surface area contributed by atoms with E-state index in [1.165, 1.54) is 11.3 Å². The largest absolute Gasteiger partial charge is 0.352 e. The maximum Gasteiger partial charge on any atom is 0.273 e. The zero-order valence-electron chi connectivity index (χ0n) is 14.6. The monoisotopic (exact) mass is 375 g/mol. The lowest BCUT2D eigenvalue weighted by Crippen LogP contribution is -2.49. The van der Waals surface area contributed by atoms with Gasteiger partial charge in [0.05, 0.1) is 5.56 Å². The number of nitrogens with zero attached hydrogens (tertiary/aromatic N) is 5. The van der Waals surface area contributed by atoms with Crippen molar-refractivity contribution in [3.8, 4) is 16.6 Å². The van der Waals surface area contributed by atoms with Crippen LogP contribution in [0.4, 0.5) is 5.82 Å². The first-order valence-electron chi connectivity index (χ1n) is 8.66. The topological polar surface area (TPSA) is 73.1 Å². The van der Waals surface area contributed by atoms with Crippen LogP contribution in [0.5, 0.6) is 0 Å². The Labute approximate surface area is 161 Å². The van der Waals surface area contributed by atoms with E-state index < -0.39 is 0 Å². The molecular formula is C20H17N5OS. The smallest absolute Gasteiger partial charge is 0.273 e. The minimum atomic E-state index is -0.0467. The summed E-state index contributed by atoms with van der Waals surface area (Å²) in [6.07, 6.45) is 1.69. The Bertz CT molecular complexity index is 987. The van der Waals surface area contributed by atoms with Gasteiger partial charge in [0, 0.05) is 43.3 Å². The van der Waals surface area contributed by atoms with E-state index in [0.717, 1.165) is 10.6 Å². The van der Waals surface area contributed by atoms with E-state index in [0.29, 0.717) is 43.3 Å². The summed E-state index contributed by atoms with van der Waals surface area (Å²) in [4.78, 5) is 25.5. The average Bonchev–Trinajstić information content (AvgIpc) is 3.24. The van der Waals surface area contributed by atoms with Gasteiger partial charge in [-0.15, -0.1) is 11.3 Å². The molecular weight excluding hydrogens is 358 g/mol. The molecule has 4 rings (SSSR count). The number of benzene rings is 1. The van der Waals surface area contributed by atoms with Gasteiger partial charge >= 0.3 is 0 Å². The van der Waals surface area contributed by atoms with Crippen molar-refractivity contribution in [1.29, 1.82) is 5.26 Å². The Morgan fingerprint density at radius 2 is 1.85 bits per heavy atom. The van der Waals surface area contributed by atoms with Gasteiger partial charge in [0.25, 0.3) is 5.91 Å². The van der Waals surface area contributed by atoms with Gasteiger partial charge in [0.15, 0.2) is 0 Å². The molecule has 1 saturated heterocycles. The van der Waals surface area contributed by atoms with Crippen molar-refractivity contribution < 1.29 is 4.79 Å². The van der Waals surface area contributed by atoms with Gasteiger partial charge in [0.1, 0.15) is 22.6 Å². The van der Waals surface area contributed by atoms with Crippen LogP contribution < -0.4 is 4.90 Å². The van der Waals surface area contributed by atoms with Gasteiger partial charge < -0.3 is 9.80 Å².